The normalized spacial score (nSPS) is 12.5. The van der Waals surface area contributed by atoms with Crippen LogP contribution in [0.5, 0.6) is 5.75 Å². The molecule has 20 heavy (non-hydrogen) atoms. The Labute approximate surface area is 125 Å². The van der Waals surface area contributed by atoms with Crippen molar-refractivity contribution in [3.8, 4) is 5.75 Å². The maximum atomic E-state index is 8.70. The Bertz CT molecular complexity index is 473. The molecule has 0 amide bonds. The van der Waals surface area contributed by atoms with E-state index < -0.39 is 0 Å². The Morgan fingerprint density at radius 2 is 2.10 bits per heavy atom. The zero-order valence-electron chi connectivity index (χ0n) is 12.3. The molecule has 5 heteroatoms. The smallest absolute Gasteiger partial charge is 0.144 e. The maximum absolute atomic E-state index is 8.70. The van der Waals surface area contributed by atoms with E-state index in [4.69, 9.17) is 27.3 Å². The lowest BCUT2D eigenvalue weighted by molar-refractivity contribution is 0.288. The number of aryl methyl sites for hydroxylation is 1. The molecule has 3 N–H and O–H groups in total. The minimum absolute atomic E-state index is 0.270. The van der Waals surface area contributed by atoms with Crippen LogP contribution < -0.4 is 10.5 Å². The van der Waals surface area contributed by atoms with Crippen LogP contribution in [-0.4, -0.2) is 17.6 Å². The van der Waals surface area contributed by atoms with E-state index in [9.17, 15) is 0 Å². The molecule has 0 spiro atoms. The molecule has 1 aromatic carbocycles. The lowest BCUT2D eigenvalue weighted by Gasteiger charge is -2.22. The topological polar surface area (TPSA) is 67.8 Å². The van der Waals surface area contributed by atoms with Crippen LogP contribution in [0, 0.1) is 12.3 Å². The van der Waals surface area contributed by atoms with Crippen LogP contribution in [0.2, 0.25) is 5.02 Å². The summed E-state index contributed by atoms with van der Waals surface area (Å²) in [6.07, 6.45) is 2.73. The number of nitrogens with zero attached hydrogens (tertiary/aromatic N) is 1. The minimum atomic E-state index is -0.286. The summed E-state index contributed by atoms with van der Waals surface area (Å²) >= 11 is 5.96. The van der Waals surface area contributed by atoms with Crippen molar-refractivity contribution in [2.45, 2.75) is 40.0 Å². The highest BCUT2D eigenvalue weighted by Crippen LogP contribution is 2.24. The predicted molar refractivity (Wildman–Crippen MR) is 82.7 cm³/mol. The lowest BCUT2D eigenvalue weighted by Crippen LogP contribution is -2.31. The van der Waals surface area contributed by atoms with Crippen LogP contribution in [0.1, 0.15) is 38.7 Å². The van der Waals surface area contributed by atoms with E-state index in [-0.39, 0.29) is 11.3 Å². The standard InChI is InChI=1S/C15H23ClN2O2/c1-11-10-12(6-7-13(11)16)20-9-5-4-8-15(2,3)14(17)18-19/h6-7,10,19H,4-5,8-9H2,1-3H3,(H2,17,18). The average molecular weight is 299 g/mol. The molecule has 0 heterocycles. The van der Waals surface area contributed by atoms with Crippen molar-refractivity contribution in [2.75, 3.05) is 6.61 Å². The molecule has 0 saturated heterocycles. The highest BCUT2D eigenvalue weighted by Gasteiger charge is 2.22. The van der Waals surface area contributed by atoms with Gasteiger partial charge in [0.05, 0.1) is 6.61 Å². The van der Waals surface area contributed by atoms with Gasteiger partial charge in [-0.15, -0.1) is 0 Å². The number of hydrogen-bond acceptors (Lipinski definition) is 3. The number of rotatable bonds is 7. The first-order chi connectivity index (χ1) is 9.36. The van der Waals surface area contributed by atoms with Gasteiger partial charge < -0.3 is 15.7 Å². The van der Waals surface area contributed by atoms with Crippen molar-refractivity contribution >= 4 is 17.4 Å². The number of ether oxygens (including phenoxy) is 1. The molecule has 0 radical (unpaired) electrons. The molecule has 0 aliphatic rings. The SMILES string of the molecule is Cc1cc(OCCCCC(C)(C)/C(N)=N/O)ccc1Cl. The van der Waals surface area contributed by atoms with E-state index in [1.54, 1.807) is 0 Å². The van der Waals surface area contributed by atoms with Crippen molar-refractivity contribution < 1.29 is 9.94 Å². The number of amidine groups is 1. The summed E-state index contributed by atoms with van der Waals surface area (Å²) in [4.78, 5) is 0. The number of halogens is 1. The Morgan fingerprint density at radius 1 is 1.40 bits per heavy atom. The van der Waals surface area contributed by atoms with Gasteiger partial charge in [-0.05, 0) is 49.9 Å². The van der Waals surface area contributed by atoms with E-state index in [0.717, 1.165) is 35.6 Å². The van der Waals surface area contributed by atoms with Crippen molar-refractivity contribution in [2.24, 2.45) is 16.3 Å². The molecule has 4 nitrogen and oxygen atoms in total. The van der Waals surface area contributed by atoms with Crippen LogP contribution in [-0.2, 0) is 0 Å². The molecule has 112 valence electrons. The van der Waals surface area contributed by atoms with Crippen molar-refractivity contribution in [1.82, 2.24) is 0 Å². The Morgan fingerprint density at radius 3 is 2.70 bits per heavy atom. The number of oxime groups is 1. The van der Waals surface area contributed by atoms with Gasteiger partial charge >= 0.3 is 0 Å². The molecule has 0 unspecified atom stereocenters. The highest BCUT2D eigenvalue weighted by atomic mass is 35.5. The molecule has 0 atom stereocenters. The second-order valence-corrected chi connectivity index (χ2v) is 5.99. The fraction of sp³-hybridized carbons (Fsp3) is 0.533. The van der Waals surface area contributed by atoms with E-state index in [1.807, 2.05) is 39.0 Å². The van der Waals surface area contributed by atoms with Crippen LogP contribution in [0.25, 0.3) is 0 Å². The quantitative estimate of drug-likeness (QED) is 0.263. The monoisotopic (exact) mass is 298 g/mol. The lowest BCUT2D eigenvalue weighted by atomic mass is 9.86. The van der Waals surface area contributed by atoms with E-state index in [0.29, 0.717) is 6.61 Å². The summed E-state index contributed by atoms with van der Waals surface area (Å²) in [7, 11) is 0. The molecule has 0 aliphatic carbocycles. The number of unbranched alkanes of at least 4 members (excludes halogenated alkanes) is 1. The van der Waals surface area contributed by atoms with Gasteiger partial charge in [0.15, 0.2) is 0 Å². The van der Waals surface area contributed by atoms with Gasteiger partial charge in [0, 0.05) is 10.4 Å². The summed E-state index contributed by atoms with van der Waals surface area (Å²) in [6, 6.07) is 5.64. The fourth-order valence-electron chi connectivity index (χ4n) is 1.83. The van der Waals surface area contributed by atoms with Gasteiger partial charge in [-0.25, -0.2) is 0 Å². The molecule has 0 bridgehead atoms. The minimum Gasteiger partial charge on any atom is -0.494 e. The van der Waals surface area contributed by atoms with Crippen LogP contribution in [0.15, 0.2) is 23.4 Å². The Kier molecular flexibility index (Phi) is 6.14. The summed E-state index contributed by atoms with van der Waals surface area (Å²) in [5.41, 5.74) is 6.37. The first-order valence-corrected chi connectivity index (χ1v) is 7.11. The highest BCUT2D eigenvalue weighted by molar-refractivity contribution is 6.31. The van der Waals surface area contributed by atoms with Crippen molar-refractivity contribution in [1.29, 1.82) is 0 Å². The number of hydrogen-bond donors (Lipinski definition) is 2. The molecule has 0 aliphatic heterocycles. The largest absolute Gasteiger partial charge is 0.494 e. The number of benzene rings is 1. The first-order valence-electron chi connectivity index (χ1n) is 6.74. The van der Waals surface area contributed by atoms with Crippen LogP contribution >= 0.6 is 11.6 Å². The van der Waals surface area contributed by atoms with Crippen molar-refractivity contribution in [3.05, 3.63) is 28.8 Å². The van der Waals surface area contributed by atoms with Gasteiger partial charge in [0.1, 0.15) is 11.6 Å². The van der Waals surface area contributed by atoms with E-state index in [2.05, 4.69) is 5.16 Å². The predicted octanol–water partition coefficient (Wildman–Crippen LogP) is 3.97. The molecule has 0 saturated carbocycles. The average Bonchev–Trinajstić information content (AvgIpc) is 2.41. The van der Waals surface area contributed by atoms with E-state index in [1.165, 1.54) is 0 Å². The van der Waals surface area contributed by atoms with Gasteiger partial charge in [-0.2, -0.15) is 0 Å². The molecule has 0 fully saturated rings. The molecule has 0 aromatic heterocycles. The van der Waals surface area contributed by atoms with Gasteiger partial charge in [-0.1, -0.05) is 30.6 Å². The van der Waals surface area contributed by atoms with E-state index >= 15 is 0 Å². The third-order valence-corrected chi connectivity index (χ3v) is 3.82. The van der Waals surface area contributed by atoms with Crippen molar-refractivity contribution in [3.63, 3.8) is 0 Å². The second-order valence-electron chi connectivity index (χ2n) is 5.59. The van der Waals surface area contributed by atoms with Crippen LogP contribution in [0.4, 0.5) is 0 Å². The zero-order valence-corrected chi connectivity index (χ0v) is 13.1. The number of nitrogens with two attached hydrogens (primary N) is 1. The molecular weight excluding hydrogens is 276 g/mol. The van der Waals surface area contributed by atoms with Gasteiger partial charge in [0.2, 0.25) is 0 Å². The van der Waals surface area contributed by atoms with Gasteiger partial charge in [0.25, 0.3) is 0 Å². The summed E-state index contributed by atoms with van der Waals surface area (Å²) in [5, 5.41) is 12.5. The summed E-state index contributed by atoms with van der Waals surface area (Å²) < 4.78 is 5.67. The van der Waals surface area contributed by atoms with Gasteiger partial charge in [-0.3, -0.25) is 0 Å². The Hall–Kier alpha value is -1.42. The second kappa shape index (κ2) is 7.39. The fourth-order valence-corrected chi connectivity index (χ4v) is 1.95. The zero-order chi connectivity index (χ0) is 15.2. The Balaban J connectivity index is 2.30. The third kappa shape index (κ3) is 4.93. The summed E-state index contributed by atoms with van der Waals surface area (Å²) in [6.45, 7) is 6.53. The summed E-state index contributed by atoms with van der Waals surface area (Å²) in [5.74, 6) is 1.11. The molecule has 1 aromatic rings. The molecule has 1 rings (SSSR count). The molecular formula is C15H23ClN2O2. The van der Waals surface area contributed by atoms with Crippen LogP contribution in [0.3, 0.4) is 0 Å². The maximum Gasteiger partial charge on any atom is 0.144 e. The first kappa shape index (κ1) is 16.6. The third-order valence-electron chi connectivity index (χ3n) is 3.40.